The molecule has 0 amide bonds. The number of aromatic hydroxyl groups is 1. The number of rotatable bonds is 2. The topological polar surface area (TPSA) is 46.2 Å². The molecule has 2 rings (SSSR count). The van der Waals surface area contributed by atoms with Gasteiger partial charge in [0.25, 0.3) is 0 Å². The van der Waals surface area contributed by atoms with E-state index >= 15 is 0 Å². The summed E-state index contributed by atoms with van der Waals surface area (Å²) in [5.41, 5.74) is 6.96. The molecule has 0 spiro atoms. The molecular weight excluding hydrogens is 266 g/mol. The lowest BCUT2D eigenvalue weighted by Gasteiger charge is -2.37. The van der Waals surface area contributed by atoms with Crippen molar-refractivity contribution in [1.29, 1.82) is 0 Å². The minimum absolute atomic E-state index is 0.0254. The van der Waals surface area contributed by atoms with Crippen molar-refractivity contribution in [2.75, 3.05) is 6.54 Å². The van der Waals surface area contributed by atoms with E-state index in [0.29, 0.717) is 12.3 Å². The fraction of sp³-hybridized carbons (Fsp3) is 0.538. The van der Waals surface area contributed by atoms with Gasteiger partial charge in [-0.1, -0.05) is 41.3 Å². The first-order chi connectivity index (χ1) is 7.69. The molecule has 0 saturated heterocycles. The fourth-order valence-corrected chi connectivity index (χ4v) is 3.60. The van der Waals surface area contributed by atoms with Crippen LogP contribution in [0.3, 0.4) is 0 Å². The summed E-state index contributed by atoms with van der Waals surface area (Å²) in [7, 11) is 0. The summed E-state index contributed by atoms with van der Waals surface area (Å²) in [5.74, 6) is 0.377. The molecule has 3 heteroatoms. The van der Waals surface area contributed by atoms with Crippen molar-refractivity contribution in [3.8, 4) is 5.75 Å². The Labute approximate surface area is 105 Å². The average molecular weight is 284 g/mol. The fourth-order valence-electron chi connectivity index (χ4n) is 2.82. The number of phenols is 1. The number of hydrogen-bond acceptors (Lipinski definition) is 2. The second-order valence-corrected chi connectivity index (χ2v) is 5.53. The van der Waals surface area contributed by atoms with Gasteiger partial charge in [0, 0.05) is 22.0 Å². The highest BCUT2D eigenvalue weighted by atomic mass is 79.9. The van der Waals surface area contributed by atoms with Crippen LogP contribution in [0.15, 0.2) is 22.7 Å². The molecule has 1 fully saturated rings. The predicted octanol–water partition coefficient (Wildman–Crippen LogP) is 3.32. The van der Waals surface area contributed by atoms with Crippen molar-refractivity contribution in [2.24, 2.45) is 5.73 Å². The van der Waals surface area contributed by atoms with Crippen molar-refractivity contribution in [2.45, 2.75) is 37.5 Å². The van der Waals surface area contributed by atoms with Crippen LogP contribution < -0.4 is 5.73 Å². The van der Waals surface area contributed by atoms with Gasteiger partial charge < -0.3 is 10.8 Å². The summed E-state index contributed by atoms with van der Waals surface area (Å²) in [6.45, 7) is 0.614. The predicted molar refractivity (Wildman–Crippen MR) is 69.6 cm³/mol. The summed E-state index contributed by atoms with van der Waals surface area (Å²) < 4.78 is 0.986. The van der Waals surface area contributed by atoms with Crippen molar-refractivity contribution < 1.29 is 5.11 Å². The monoisotopic (exact) mass is 283 g/mol. The third-order valence-electron chi connectivity index (χ3n) is 3.72. The van der Waals surface area contributed by atoms with E-state index in [1.807, 2.05) is 12.1 Å². The van der Waals surface area contributed by atoms with Gasteiger partial charge in [-0.3, -0.25) is 0 Å². The van der Waals surface area contributed by atoms with Crippen LogP contribution in [0.25, 0.3) is 0 Å². The largest absolute Gasteiger partial charge is 0.508 e. The third kappa shape index (κ3) is 1.98. The lowest BCUT2D eigenvalue weighted by Crippen LogP contribution is -2.37. The van der Waals surface area contributed by atoms with Gasteiger partial charge in [0.1, 0.15) is 5.75 Å². The van der Waals surface area contributed by atoms with Crippen molar-refractivity contribution in [3.05, 3.63) is 28.2 Å². The molecule has 1 aromatic carbocycles. The summed E-state index contributed by atoms with van der Waals surface area (Å²) >= 11 is 3.54. The zero-order valence-electron chi connectivity index (χ0n) is 9.38. The Bertz CT molecular complexity index is 352. The molecule has 1 aromatic rings. The van der Waals surface area contributed by atoms with Crippen LogP contribution in [0.5, 0.6) is 5.75 Å². The molecule has 1 aliphatic rings. The second kappa shape index (κ2) is 4.76. The average Bonchev–Trinajstić information content (AvgIpc) is 2.30. The molecule has 0 heterocycles. The Morgan fingerprint density at radius 2 is 1.94 bits per heavy atom. The summed E-state index contributed by atoms with van der Waals surface area (Å²) in [4.78, 5) is 0. The van der Waals surface area contributed by atoms with E-state index in [9.17, 15) is 5.11 Å². The lowest BCUT2D eigenvalue weighted by atomic mass is 9.69. The van der Waals surface area contributed by atoms with Crippen LogP contribution in [0.2, 0.25) is 0 Å². The first kappa shape index (κ1) is 11.9. The highest BCUT2D eigenvalue weighted by Crippen LogP contribution is 2.45. The van der Waals surface area contributed by atoms with Crippen molar-refractivity contribution in [3.63, 3.8) is 0 Å². The molecule has 3 N–H and O–H groups in total. The molecule has 2 nitrogen and oxygen atoms in total. The van der Waals surface area contributed by atoms with Crippen LogP contribution in [-0.4, -0.2) is 11.7 Å². The van der Waals surface area contributed by atoms with Crippen molar-refractivity contribution in [1.82, 2.24) is 0 Å². The molecule has 0 radical (unpaired) electrons. The van der Waals surface area contributed by atoms with Gasteiger partial charge >= 0.3 is 0 Å². The molecular formula is C13H18BrNO. The van der Waals surface area contributed by atoms with Gasteiger partial charge in [0.2, 0.25) is 0 Å². The Morgan fingerprint density at radius 1 is 1.25 bits per heavy atom. The number of benzene rings is 1. The number of hydrogen-bond donors (Lipinski definition) is 2. The SMILES string of the molecule is NCC1(c2c(O)cccc2Br)CCCCC1. The highest BCUT2D eigenvalue weighted by molar-refractivity contribution is 9.10. The molecule has 1 saturated carbocycles. The van der Waals surface area contributed by atoms with Crippen LogP contribution in [-0.2, 0) is 5.41 Å². The molecule has 0 aromatic heterocycles. The maximum Gasteiger partial charge on any atom is 0.120 e. The van der Waals surface area contributed by atoms with E-state index in [-0.39, 0.29) is 5.41 Å². The molecule has 0 bridgehead atoms. The Hall–Kier alpha value is -0.540. The molecule has 1 aliphatic carbocycles. The van der Waals surface area contributed by atoms with Gasteiger partial charge in [0.15, 0.2) is 0 Å². The van der Waals surface area contributed by atoms with Gasteiger partial charge in [-0.2, -0.15) is 0 Å². The van der Waals surface area contributed by atoms with E-state index in [1.165, 1.54) is 19.3 Å². The molecule has 0 aliphatic heterocycles. The van der Waals surface area contributed by atoms with Crippen LogP contribution in [0.1, 0.15) is 37.7 Å². The Kier molecular flexibility index (Phi) is 3.55. The van der Waals surface area contributed by atoms with Crippen LogP contribution in [0, 0.1) is 0 Å². The summed E-state index contributed by atoms with van der Waals surface area (Å²) in [6.07, 6.45) is 5.86. The lowest BCUT2D eigenvalue weighted by molar-refractivity contribution is 0.289. The quantitative estimate of drug-likeness (QED) is 0.875. The van der Waals surface area contributed by atoms with E-state index in [2.05, 4.69) is 15.9 Å². The first-order valence-corrected chi connectivity index (χ1v) is 6.67. The number of halogens is 1. The van der Waals surface area contributed by atoms with E-state index < -0.39 is 0 Å². The van der Waals surface area contributed by atoms with Gasteiger partial charge in [-0.25, -0.2) is 0 Å². The molecule has 16 heavy (non-hydrogen) atoms. The number of phenolic OH excluding ortho intramolecular Hbond substituents is 1. The zero-order valence-corrected chi connectivity index (χ0v) is 11.0. The van der Waals surface area contributed by atoms with Gasteiger partial charge in [-0.15, -0.1) is 0 Å². The smallest absolute Gasteiger partial charge is 0.120 e. The Balaban J connectivity index is 2.46. The second-order valence-electron chi connectivity index (χ2n) is 4.68. The zero-order chi connectivity index (χ0) is 11.6. The third-order valence-corrected chi connectivity index (χ3v) is 4.38. The van der Waals surface area contributed by atoms with E-state index in [0.717, 1.165) is 22.9 Å². The minimum atomic E-state index is -0.0254. The maximum absolute atomic E-state index is 10.1. The maximum atomic E-state index is 10.1. The molecule has 0 atom stereocenters. The summed E-state index contributed by atoms with van der Waals surface area (Å²) in [6, 6.07) is 5.60. The first-order valence-electron chi connectivity index (χ1n) is 5.88. The molecule has 88 valence electrons. The van der Waals surface area contributed by atoms with E-state index in [1.54, 1.807) is 6.07 Å². The highest BCUT2D eigenvalue weighted by Gasteiger charge is 2.36. The normalized spacial score (nSPS) is 19.6. The van der Waals surface area contributed by atoms with Gasteiger partial charge in [0.05, 0.1) is 0 Å². The number of nitrogens with two attached hydrogens (primary N) is 1. The van der Waals surface area contributed by atoms with E-state index in [4.69, 9.17) is 5.73 Å². The van der Waals surface area contributed by atoms with Crippen molar-refractivity contribution >= 4 is 15.9 Å². The summed E-state index contributed by atoms with van der Waals surface area (Å²) in [5, 5.41) is 10.1. The van der Waals surface area contributed by atoms with Crippen LogP contribution in [0.4, 0.5) is 0 Å². The Morgan fingerprint density at radius 3 is 2.50 bits per heavy atom. The standard InChI is InChI=1S/C13H18BrNO/c14-10-5-4-6-11(16)12(10)13(9-15)7-2-1-3-8-13/h4-6,16H,1-3,7-9,15H2. The minimum Gasteiger partial charge on any atom is -0.508 e. The molecule has 0 unspecified atom stereocenters. The van der Waals surface area contributed by atoms with Crippen LogP contribution >= 0.6 is 15.9 Å². The van der Waals surface area contributed by atoms with Gasteiger partial charge in [-0.05, 0) is 25.0 Å².